The molecule has 1 amide bonds. The zero-order chi connectivity index (χ0) is 17.9. The molecule has 2 aromatic rings. The Morgan fingerprint density at radius 1 is 1.12 bits per heavy atom. The first kappa shape index (κ1) is 17.7. The lowest BCUT2D eigenvalue weighted by molar-refractivity contribution is -0.141. The van der Waals surface area contributed by atoms with Gasteiger partial charge in [-0.05, 0) is 36.8 Å². The van der Waals surface area contributed by atoms with Crippen LogP contribution in [0.15, 0.2) is 36.4 Å². The number of carbonyl (C=O) groups is 2. The molecular weight excluding hydrogens is 320 g/mol. The Morgan fingerprint density at radius 3 is 2.25 bits per heavy atom. The largest absolute Gasteiger partial charge is 0.481 e. The smallest absolute Gasteiger partial charge is 0.387 e. The Kier molecular flexibility index (Phi) is 5.33. The summed E-state index contributed by atoms with van der Waals surface area (Å²) >= 11 is 0. The van der Waals surface area contributed by atoms with Crippen molar-refractivity contribution in [2.45, 2.75) is 26.5 Å². The fraction of sp³-hybridized carbons (Fsp3) is 0.294. The monoisotopic (exact) mass is 337 g/mol. The van der Waals surface area contributed by atoms with Crippen molar-refractivity contribution in [1.82, 2.24) is 5.32 Å². The summed E-state index contributed by atoms with van der Waals surface area (Å²) in [6, 6.07) is 9.08. The van der Waals surface area contributed by atoms with Crippen LogP contribution in [0.3, 0.4) is 0 Å². The molecule has 0 fully saturated rings. The van der Waals surface area contributed by atoms with Crippen LogP contribution in [0.4, 0.5) is 8.78 Å². The fourth-order valence-electron chi connectivity index (χ4n) is 2.21. The number of nitrogens with one attached hydrogen (secondary N) is 1. The number of alkyl halides is 2. The lowest BCUT2D eigenvalue weighted by Gasteiger charge is -2.19. The molecule has 0 aliphatic rings. The Morgan fingerprint density at radius 2 is 1.71 bits per heavy atom. The van der Waals surface area contributed by atoms with Crippen molar-refractivity contribution in [3.8, 4) is 5.75 Å². The predicted molar refractivity (Wildman–Crippen MR) is 84.3 cm³/mol. The second kappa shape index (κ2) is 7.25. The zero-order valence-corrected chi connectivity index (χ0v) is 13.1. The lowest BCUT2D eigenvalue weighted by Crippen LogP contribution is -2.40. The molecule has 2 unspecified atom stereocenters. The van der Waals surface area contributed by atoms with E-state index in [1.54, 1.807) is 24.3 Å². The highest BCUT2D eigenvalue weighted by Gasteiger charge is 2.24. The molecule has 2 N–H and O–H groups in total. The van der Waals surface area contributed by atoms with Crippen molar-refractivity contribution < 1.29 is 28.2 Å². The van der Waals surface area contributed by atoms with E-state index in [-0.39, 0.29) is 11.3 Å². The van der Waals surface area contributed by atoms with Crippen LogP contribution >= 0.6 is 0 Å². The normalized spacial score (nSPS) is 13.5. The molecule has 5 nitrogen and oxygen atoms in total. The number of aliphatic carboxylic acids is 1. The molecule has 7 heteroatoms. The van der Waals surface area contributed by atoms with Crippen LogP contribution in [0.2, 0.25) is 0 Å². The number of benzene rings is 2. The van der Waals surface area contributed by atoms with Crippen LogP contribution in [-0.4, -0.2) is 29.6 Å². The molecule has 0 aromatic heterocycles. The van der Waals surface area contributed by atoms with Crippen molar-refractivity contribution in [2.75, 3.05) is 0 Å². The maximum atomic E-state index is 12.6. The average molecular weight is 337 g/mol. The minimum Gasteiger partial charge on any atom is -0.481 e. The highest BCUT2D eigenvalue weighted by atomic mass is 19.3. The van der Waals surface area contributed by atoms with Gasteiger partial charge in [0.15, 0.2) is 0 Å². The number of amides is 1. The molecule has 0 saturated heterocycles. The van der Waals surface area contributed by atoms with Crippen molar-refractivity contribution in [2.24, 2.45) is 5.92 Å². The summed E-state index contributed by atoms with van der Waals surface area (Å²) in [7, 11) is 0. The third kappa shape index (κ3) is 3.98. The van der Waals surface area contributed by atoms with Gasteiger partial charge in [0.2, 0.25) is 0 Å². The first-order chi connectivity index (χ1) is 11.3. The highest BCUT2D eigenvalue weighted by molar-refractivity contribution is 6.01. The van der Waals surface area contributed by atoms with E-state index in [1.165, 1.54) is 26.0 Å². The number of carboxylic acids is 1. The summed E-state index contributed by atoms with van der Waals surface area (Å²) in [6.45, 7) is -0.0941. The van der Waals surface area contributed by atoms with Gasteiger partial charge in [-0.25, -0.2) is 0 Å². The number of hydrogen-bond donors (Lipinski definition) is 2. The van der Waals surface area contributed by atoms with Gasteiger partial charge >= 0.3 is 12.6 Å². The van der Waals surface area contributed by atoms with Gasteiger partial charge < -0.3 is 15.2 Å². The SMILES string of the molecule is CC(NC(=O)c1cc2ccccc2cc1OC(F)F)C(C)C(=O)O. The van der Waals surface area contributed by atoms with Crippen LogP contribution < -0.4 is 10.1 Å². The van der Waals surface area contributed by atoms with Crippen LogP contribution in [0.5, 0.6) is 5.75 Å². The van der Waals surface area contributed by atoms with Gasteiger partial charge in [0.05, 0.1) is 11.5 Å². The summed E-state index contributed by atoms with van der Waals surface area (Å²) in [5.74, 6) is -2.81. The van der Waals surface area contributed by atoms with Gasteiger partial charge in [-0.3, -0.25) is 9.59 Å². The molecule has 2 aromatic carbocycles. The fourth-order valence-corrected chi connectivity index (χ4v) is 2.21. The molecule has 0 bridgehead atoms. The Hall–Kier alpha value is -2.70. The van der Waals surface area contributed by atoms with E-state index in [4.69, 9.17) is 5.11 Å². The van der Waals surface area contributed by atoms with E-state index in [9.17, 15) is 18.4 Å². The molecule has 2 atom stereocenters. The van der Waals surface area contributed by atoms with Crippen molar-refractivity contribution >= 4 is 22.6 Å². The molecule has 0 heterocycles. The van der Waals surface area contributed by atoms with Crippen LogP contribution in [0, 0.1) is 5.92 Å². The van der Waals surface area contributed by atoms with Gasteiger partial charge in [0, 0.05) is 6.04 Å². The number of hydrogen-bond acceptors (Lipinski definition) is 3. The number of halogens is 2. The number of carboxylic acid groups (broad SMARTS) is 1. The number of rotatable bonds is 6. The second-order valence-electron chi connectivity index (χ2n) is 5.46. The minimum atomic E-state index is -3.08. The van der Waals surface area contributed by atoms with E-state index >= 15 is 0 Å². The molecule has 0 radical (unpaired) electrons. The van der Waals surface area contributed by atoms with Gasteiger partial charge in [-0.15, -0.1) is 0 Å². The second-order valence-corrected chi connectivity index (χ2v) is 5.46. The van der Waals surface area contributed by atoms with Gasteiger partial charge in [-0.1, -0.05) is 24.3 Å². The van der Waals surface area contributed by atoms with Crippen molar-refractivity contribution in [3.05, 3.63) is 42.0 Å². The zero-order valence-electron chi connectivity index (χ0n) is 13.1. The summed E-state index contributed by atoms with van der Waals surface area (Å²) in [6.07, 6.45) is 0. The summed E-state index contributed by atoms with van der Waals surface area (Å²) in [5.41, 5.74) is -0.0709. The molecule has 128 valence electrons. The average Bonchev–Trinajstić information content (AvgIpc) is 2.52. The molecule has 0 aliphatic heterocycles. The van der Waals surface area contributed by atoms with E-state index in [0.717, 1.165) is 0 Å². The third-order valence-electron chi connectivity index (χ3n) is 3.81. The van der Waals surface area contributed by atoms with E-state index in [1.807, 2.05) is 0 Å². The molecule has 0 spiro atoms. The van der Waals surface area contributed by atoms with Gasteiger partial charge in [-0.2, -0.15) is 8.78 Å². The third-order valence-corrected chi connectivity index (χ3v) is 3.81. The lowest BCUT2D eigenvalue weighted by atomic mass is 10.0. The predicted octanol–water partition coefficient (Wildman–Crippen LogP) is 3.28. The Bertz CT molecular complexity index is 763. The molecule has 24 heavy (non-hydrogen) atoms. The first-order valence-electron chi connectivity index (χ1n) is 7.31. The quantitative estimate of drug-likeness (QED) is 0.848. The van der Waals surface area contributed by atoms with Crippen LogP contribution in [-0.2, 0) is 4.79 Å². The highest BCUT2D eigenvalue weighted by Crippen LogP contribution is 2.27. The van der Waals surface area contributed by atoms with Crippen molar-refractivity contribution in [1.29, 1.82) is 0 Å². The minimum absolute atomic E-state index is 0.0709. The van der Waals surface area contributed by atoms with Crippen LogP contribution in [0.1, 0.15) is 24.2 Å². The summed E-state index contributed by atoms with van der Waals surface area (Å²) in [5, 5.41) is 12.8. The Balaban J connectivity index is 2.37. The molecular formula is C17H17F2NO4. The van der Waals surface area contributed by atoms with Crippen molar-refractivity contribution in [3.63, 3.8) is 0 Å². The van der Waals surface area contributed by atoms with E-state index < -0.39 is 30.4 Å². The molecule has 0 saturated carbocycles. The Labute approximate surface area is 137 Å². The molecule has 2 rings (SSSR count). The number of ether oxygens (including phenoxy) is 1. The maximum absolute atomic E-state index is 12.6. The summed E-state index contributed by atoms with van der Waals surface area (Å²) in [4.78, 5) is 23.4. The topological polar surface area (TPSA) is 75.6 Å². The van der Waals surface area contributed by atoms with E-state index in [0.29, 0.717) is 10.8 Å². The van der Waals surface area contributed by atoms with Gasteiger partial charge in [0.1, 0.15) is 5.75 Å². The van der Waals surface area contributed by atoms with Crippen LogP contribution in [0.25, 0.3) is 10.8 Å². The maximum Gasteiger partial charge on any atom is 0.387 e. The molecule has 0 aliphatic carbocycles. The van der Waals surface area contributed by atoms with Gasteiger partial charge in [0.25, 0.3) is 5.91 Å². The van der Waals surface area contributed by atoms with E-state index in [2.05, 4.69) is 10.1 Å². The first-order valence-corrected chi connectivity index (χ1v) is 7.31. The number of fused-ring (bicyclic) bond motifs is 1. The summed E-state index contributed by atoms with van der Waals surface area (Å²) < 4.78 is 29.7. The number of carbonyl (C=O) groups excluding carboxylic acids is 1. The standard InChI is InChI=1S/C17H17F2NO4/c1-9(16(22)23)10(2)20-15(21)13-7-11-5-3-4-6-12(11)8-14(13)24-17(18)19/h3-10,17H,1-2H3,(H,20,21)(H,22,23).